The molecule has 0 saturated heterocycles. The summed E-state index contributed by atoms with van der Waals surface area (Å²) in [6.07, 6.45) is 36.1. The monoisotopic (exact) mass is 706 g/mol. The topological polar surface area (TPSA) is 102 Å². The third-order valence-electron chi connectivity index (χ3n) is 8.79. The molecule has 0 saturated carbocycles. The lowest BCUT2D eigenvalue weighted by molar-refractivity contribution is -0.889. The molecule has 0 heterocycles. The van der Waals surface area contributed by atoms with Crippen LogP contribution in [0.25, 0.3) is 0 Å². The highest BCUT2D eigenvalue weighted by atomic mass is 16.6. The molecule has 2 atom stereocenters. The second-order valence-corrected chi connectivity index (χ2v) is 14.5. The molecule has 0 fully saturated rings. The molecule has 290 valence electrons. The first kappa shape index (κ1) is 47.5. The van der Waals surface area contributed by atoms with Gasteiger partial charge in [0.25, 0.3) is 0 Å². The van der Waals surface area contributed by atoms with Gasteiger partial charge in [0.2, 0.25) is 0 Å². The molecule has 0 spiro atoms. The van der Waals surface area contributed by atoms with Crippen LogP contribution in [0.15, 0.2) is 36.5 Å². The van der Waals surface area contributed by atoms with Crippen LogP contribution in [0.5, 0.6) is 0 Å². The molecule has 0 aliphatic carbocycles. The lowest BCUT2D eigenvalue weighted by Gasteiger charge is -2.34. The predicted octanol–water partition coefficient (Wildman–Crippen LogP) is 8.96. The molecule has 0 bridgehead atoms. The van der Waals surface area contributed by atoms with Crippen LogP contribution >= 0.6 is 0 Å². The minimum absolute atomic E-state index is 0.0403. The van der Waals surface area contributed by atoms with Gasteiger partial charge in [-0.15, -0.1) is 0 Å². The normalized spacial score (nSPS) is 13.4. The van der Waals surface area contributed by atoms with Crippen LogP contribution in [0, 0.1) is 0 Å². The molecule has 2 unspecified atom stereocenters. The van der Waals surface area contributed by atoms with Crippen LogP contribution in [-0.4, -0.2) is 75.5 Å². The van der Waals surface area contributed by atoms with Crippen LogP contribution in [0.4, 0.5) is 0 Å². The van der Waals surface area contributed by atoms with E-state index in [1.54, 1.807) is 21.1 Å². The maximum atomic E-state index is 12.5. The van der Waals surface area contributed by atoms with E-state index in [2.05, 4.69) is 50.3 Å². The molecule has 0 radical (unpaired) electrons. The number of aliphatic carboxylic acids is 1. The zero-order valence-corrected chi connectivity index (χ0v) is 32.8. The van der Waals surface area contributed by atoms with Crippen molar-refractivity contribution < 1.29 is 38.2 Å². The number of nitrogens with zero attached hydrogens (tertiary/aromatic N) is 1. The van der Waals surface area contributed by atoms with Crippen molar-refractivity contribution >= 4 is 17.9 Å². The van der Waals surface area contributed by atoms with Crippen LogP contribution in [0.1, 0.15) is 162 Å². The fourth-order valence-corrected chi connectivity index (χ4v) is 5.67. The summed E-state index contributed by atoms with van der Waals surface area (Å²) in [5.74, 6) is -1.75. The van der Waals surface area contributed by atoms with Crippen LogP contribution in [0.2, 0.25) is 0 Å². The van der Waals surface area contributed by atoms with Gasteiger partial charge in [0.15, 0.2) is 6.10 Å². The minimum Gasteiger partial charge on any atom is -0.544 e. The Morgan fingerprint density at radius 1 is 0.620 bits per heavy atom. The number of carbonyl (C=O) groups is 3. The Balaban J connectivity index is 4.23. The number of allylic oxidation sites excluding steroid dienone is 6. The molecule has 50 heavy (non-hydrogen) atoms. The molecular formula is C42H75NO7. The van der Waals surface area contributed by atoms with E-state index in [-0.39, 0.29) is 42.7 Å². The number of carboxylic acid groups (broad SMARTS) is 1. The van der Waals surface area contributed by atoms with Crippen LogP contribution in [0.3, 0.4) is 0 Å². The first-order valence-corrected chi connectivity index (χ1v) is 20.0. The number of carbonyl (C=O) groups excluding carboxylic acids is 3. The third-order valence-corrected chi connectivity index (χ3v) is 8.79. The van der Waals surface area contributed by atoms with Crippen molar-refractivity contribution in [2.45, 2.75) is 174 Å². The van der Waals surface area contributed by atoms with E-state index >= 15 is 0 Å². The standard InChI is InChI=1S/C42H75NO7/c1-6-8-10-12-14-15-16-17-18-19-20-21-22-23-24-25-27-28-30-32-40(44)49-37-38(36-48-35-34-39(42(46)47)43(3,4)5)50-41(45)33-31-29-26-13-11-9-7-2/h8,10,14-15,17-18,38-39H,6-7,9,11-13,16,19-37H2,1-5H3/b10-8+,15-14+,18-17+. The number of esters is 2. The molecule has 8 heteroatoms. The Morgan fingerprint density at radius 2 is 1.12 bits per heavy atom. The van der Waals surface area contributed by atoms with E-state index in [1.807, 2.05) is 0 Å². The summed E-state index contributed by atoms with van der Waals surface area (Å²) in [5, 5.41) is 11.6. The number of hydrogen-bond donors (Lipinski definition) is 0. The third kappa shape index (κ3) is 31.5. The SMILES string of the molecule is CC/C=C/C/C=C/C/C=C/CCCCCCCCCCCC(=O)OCC(COCCC(C(=O)[O-])[N+](C)(C)C)OC(=O)CCCCCCCCC. The number of hydrogen-bond acceptors (Lipinski definition) is 7. The quantitative estimate of drug-likeness (QED) is 0.0281. The second-order valence-electron chi connectivity index (χ2n) is 14.5. The molecule has 8 nitrogen and oxygen atoms in total. The Kier molecular flexibility index (Phi) is 32.0. The summed E-state index contributed by atoms with van der Waals surface area (Å²) in [4.78, 5) is 36.5. The van der Waals surface area contributed by atoms with Gasteiger partial charge in [-0.3, -0.25) is 9.59 Å². The highest BCUT2D eigenvalue weighted by Crippen LogP contribution is 2.14. The highest BCUT2D eigenvalue weighted by Gasteiger charge is 2.25. The molecule has 0 aromatic carbocycles. The molecule has 0 N–H and O–H groups in total. The van der Waals surface area contributed by atoms with Crippen LogP contribution in [-0.2, 0) is 28.6 Å². The van der Waals surface area contributed by atoms with E-state index < -0.39 is 18.1 Å². The van der Waals surface area contributed by atoms with Gasteiger partial charge < -0.3 is 28.6 Å². The fourth-order valence-electron chi connectivity index (χ4n) is 5.67. The van der Waals surface area contributed by atoms with Gasteiger partial charge in [-0.05, 0) is 44.9 Å². The number of quaternary nitrogens is 1. The van der Waals surface area contributed by atoms with Crippen molar-refractivity contribution in [3.8, 4) is 0 Å². The number of carboxylic acids is 1. The number of ether oxygens (including phenoxy) is 3. The molecular weight excluding hydrogens is 630 g/mol. The Bertz CT molecular complexity index is 922. The van der Waals surface area contributed by atoms with Crippen molar-refractivity contribution in [1.82, 2.24) is 0 Å². The van der Waals surface area contributed by atoms with Gasteiger partial charge in [0.05, 0.1) is 40.3 Å². The Labute approximate surface area is 306 Å². The van der Waals surface area contributed by atoms with Crippen molar-refractivity contribution in [1.29, 1.82) is 0 Å². The van der Waals surface area contributed by atoms with Gasteiger partial charge in [-0.1, -0.05) is 134 Å². The number of rotatable bonds is 35. The van der Waals surface area contributed by atoms with Gasteiger partial charge in [-0.2, -0.15) is 0 Å². The summed E-state index contributed by atoms with van der Waals surface area (Å²) in [6.45, 7) is 4.49. The molecule has 0 aromatic heterocycles. The van der Waals surface area contributed by atoms with Gasteiger partial charge in [0, 0.05) is 19.3 Å². The summed E-state index contributed by atoms with van der Waals surface area (Å²) >= 11 is 0. The van der Waals surface area contributed by atoms with E-state index in [9.17, 15) is 19.5 Å². The van der Waals surface area contributed by atoms with Crippen LogP contribution < -0.4 is 5.11 Å². The first-order valence-electron chi connectivity index (χ1n) is 20.0. The molecule has 0 aliphatic rings. The van der Waals surface area contributed by atoms with E-state index in [4.69, 9.17) is 14.2 Å². The van der Waals surface area contributed by atoms with Crippen molar-refractivity contribution in [3.63, 3.8) is 0 Å². The lowest BCUT2D eigenvalue weighted by atomic mass is 10.1. The minimum atomic E-state index is -1.13. The van der Waals surface area contributed by atoms with E-state index in [1.165, 1.54) is 64.2 Å². The predicted molar refractivity (Wildman–Crippen MR) is 203 cm³/mol. The smallest absolute Gasteiger partial charge is 0.306 e. The average Bonchev–Trinajstić information content (AvgIpc) is 3.06. The van der Waals surface area contributed by atoms with Gasteiger partial charge in [0.1, 0.15) is 12.6 Å². The summed E-state index contributed by atoms with van der Waals surface area (Å²) in [6, 6.07) is -0.722. The molecule has 0 aromatic rings. The van der Waals surface area contributed by atoms with Crippen molar-refractivity contribution in [2.75, 3.05) is 41.0 Å². The zero-order chi connectivity index (χ0) is 37.1. The summed E-state index contributed by atoms with van der Waals surface area (Å²) in [5.41, 5.74) is 0. The van der Waals surface area contributed by atoms with Gasteiger partial charge >= 0.3 is 11.9 Å². The van der Waals surface area contributed by atoms with Crippen molar-refractivity contribution in [3.05, 3.63) is 36.5 Å². The summed E-state index contributed by atoms with van der Waals surface area (Å²) < 4.78 is 17.0. The lowest BCUT2D eigenvalue weighted by Crippen LogP contribution is -2.55. The van der Waals surface area contributed by atoms with E-state index in [0.29, 0.717) is 12.8 Å². The Hall–Kier alpha value is -2.45. The number of unbranched alkanes of at least 4 members (excludes halogenated alkanes) is 15. The van der Waals surface area contributed by atoms with Crippen molar-refractivity contribution in [2.24, 2.45) is 0 Å². The first-order chi connectivity index (χ1) is 24.1. The second kappa shape index (κ2) is 33.7. The van der Waals surface area contributed by atoms with E-state index in [0.717, 1.165) is 64.2 Å². The fraction of sp³-hybridized carbons (Fsp3) is 0.786. The Morgan fingerprint density at radius 3 is 1.66 bits per heavy atom. The molecule has 0 aliphatic heterocycles. The molecule has 0 amide bonds. The largest absolute Gasteiger partial charge is 0.544 e. The zero-order valence-electron chi connectivity index (χ0n) is 32.8. The maximum absolute atomic E-state index is 12.5. The highest BCUT2D eigenvalue weighted by molar-refractivity contribution is 5.70. The average molecular weight is 706 g/mol. The van der Waals surface area contributed by atoms with Gasteiger partial charge in [-0.25, -0.2) is 0 Å². The summed E-state index contributed by atoms with van der Waals surface area (Å²) in [7, 11) is 5.39. The maximum Gasteiger partial charge on any atom is 0.306 e. The number of likely N-dealkylation sites (N-methyl/N-ethyl adjacent to an activating group) is 1. The molecule has 0 rings (SSSR count).